The number of hydrogen-bond donors (Lipinski definition) is 1. The van der Waals surface area contributed by atoms with Crippen LogP contribution in [-0.4, -0.2) is 29.0 Å². The maximum absolute atomic E-state index is 13.8. The lowest BCUT2D eigenvalue weighted by molar-refractivity contribution is -0.383. The van der Waals surface area contributed by atoms with Crippen molar-refractivity contribution in [3.8, 4) is 0 Å². The van der Waals surface area contributed by atoms with E-state index in [1.165, 1.54) is 6.07 Å². The second-order valence-electron chi connectivity index (χ2n) is 6.65. The molecule has 0 atom stereocenters. The van der Waals surface area contributed by atoms with E-state index in [1.54, 1.807) is 42.6 Å². The van der Waals surface area contributed by atoms with E-state index >= 15 is 0 Å². The molecule has 138 valence electrons. The number of fused-ring (bicyclic) bond motifs is 1. The summed E-state index contributed by atoms with van der Waals surface area (Å²) in [4.78, 5) is 17.5. The van der Waals surface area contributed by atoms with Crippen molar-refractivity contribution in [3.05, 3.63) is 70.7 Å². The second kappa shape index (κ2) is 7.19. The normalized spacial score (nSPS) is 15.1. The second-order valence-corrected chi connectivity index (χ2v) is 6.65. The first-order chi connectivity index (χ1) is 13.1. The van der Waals surface area contributed by atoms with Gasteiger partial charge in [0.2, 0.25) is 0 Å². The third-order valence-electron chi connectivity index (χ3n) is 4.99. The number of anilines is 2. The standard InChI is InChI=1S/C20H19FN4O2/c21-16-5-1-2-6-17(16)23-14-9-12-24(13-10-14)19-8-7-18(25(26)27)15-4-3-11-22-20(15)19/h1-8,11,14,23H,9-10,12-13H2. The molecule has 1 aliphatic heterocycles. The zero-order valence-electron chi connectivity index (χ0n) is 14.6. The number of hydrogen-bond acceptors (Lipinski definition) is 5. The van der Waals surface area contributed by atoms with Gasteiger partial charge < -0.3 is 10.2 Å². The van der Waals surface area contributed by atoms with Crippen molar-refractivity contribution in [1.29, 1.82) is 0 Å². The Kier molecular flexibility index (Phi) is 4.58. The molecule has 1 aromatic heterocycles. The third kappa shape index (κ3) is 3.40. The van der Waals surface area contributed by atoms with Gasteiger partial charge in [0, 0.05) is 31.4 Å². The molecule has 0 unspecified atom stereocenters. The highest BCUT2D eigenvalue weighted by Crippen LogP contribution is 2.33. The fraction of sp³-hybridized carbons (Fsp3) is 0.250. The minimum atomic E-state index is -0.377. The van der Waals surface area contributed by atoms with E-state index in [4.69, 9.17) is 0 Å². The van der Waals surface area contributed by atoms with Gasteiger partial charge in [-0.3, -0.25) is 15.1 Å². The van der Waals surface area contributed by atoms with E-state index in [1.807, 2.05) is 6.07 Å². The van der Waals surface area contributed by atoms with E-state index in [9.17, 15) is 14.5 Å². The van der Waals surface area contributed by atoms with Gasteiger partial charge in [-0.15, -0.1) is 0 Å². The molecule has 7 heteroatoms. The predicted octanol–water partition coefficient (Wildman–Crippen LogP) is 4.36. The molecule has 0 amide bonds. The summed E-state index contributed by atoms with van der Waals surface area (Å²) in [6.07, 6.45) is 3.35. The minimum Gasteiger partial charge on any atom is -0.380 e. The van der Waals surface area contributed by atoms with Crippen molar-refractivity contribution in [2.75, 3.05) is 23.3 Å². The smallest absolute Gasteiger partial charge is 0.278 e. The van der Waals surface area contributed by atoms with Crippen molar-refractivity contribution in [2.45, 2.75) is 18.9 Å². The van der Waals surface area contributed by atoms with Crippen molar-refractivity contribution in [2.24, 2.45) is 0 Å². The van der Waals surface area contributed by atoms with Crippen molar-refractivity contribution >= 4 is 28.0 Å². The molecule has 0 saturated carbocycles. The lowest BCUT2D eigenvalue weighted by Gasteiger charge is -2.34. The monoisotopic (exact) mass is 366 g/mol. The molecule has 1 N–H and O–H groups in total. The van der Waals surface area contributed by atoms with Crippen molar-refractivity contribution < 1.29 is 9.31 Å². The number of para-hydroxylation sites is 1. The number of nitrogens with one attached hydrogen (secondary N) is 1. The Morgan fingerprint density at radius 1 is 1.11 bits per heavy atom. The SMILES string of the molecule is O=[N+]([O-])c1ccc(N2CCC(Nc3ccccc3F)CC2)c2ncccc12. The Labute approximate surface area is 155 Å². The van der Waals surface area contributed by atoms with Gasteiger partial charge in [0.1, 0.15) is 11.3 Å². The number of halogens is 1. The first kappa shape index (κ1) is 17.2. The van der Waals surface area contributed by atoms with Crippen LogP contribution in [0, 0.1) is 15.9 Å². The van der Waals surface area contributed by atoms with Crippen LogP contribution in [0.5, 0.6) is 0 Å². The molecule has 4 rings (SSSR count). The number of nitro groups is 1. The van der Waals surface area contributed by atoms with Gasteiger partial charge in [-0.05, 0) is 43.2 Å². The first-order valence-corrected chi connectivity index (χ1v) is 8.91. The topological polar surface area (TPSA) is 71.3 Å². The number of aromatic nitrogens is 1. The average molecular weight is 366 g/mol. The van der Waals surface area contributed by atoms with Gasteiger partial charge >= 0.3 is 0 Å². The summed E-state index contributed by atoms with van der Waals surface area (Å²) < 4.78 is 13.8. The lowest BCUT2D eigenvalue weighted by Crippen LogP contribution is -2.39. The number of piperidine rings is 1. The molecule has 2 heterocycles. The highest BCUT2D eigenvalue weighted by molar-refractivity contribution is 5.97. The lowest BCUT2D eigenvalue weighted by atomic mass is 10.0. The molecule has 0 spiro atoms. The van der Waals surface area contributed by atoms with E-state index in [0.29, 0.717) is 16.6 Å². The Morgan fingerprint density at radius 2 is 1.89 bits per heavy atom. The van der Waals surface area contributed by atoms with Crippen molar-refractivity contribution in [3.63, 3.8) is 0 Å². The molecule has 0 aliphatic carbocycles. The number of rotatable bonds is 4. The number of nitro benzene ring substituents is 1. The van der Waals surface area contributed by atoms with Crippen LogP contribution in [0.3, 0.4) is 0 Å². The summed E-state index contributed by atoms with van der Waals surface area (Å²) in [7, 11) is 0. The van der Waals surface area contributed by atoms with Crippen LogP contribution in [-0.2, 0) is 0 Å². The molecule has 3 aromatic rings. The first-order valence-electron chi connectivity index (χ1n) is 8.91. The van der Waals surface area contributed by atoms with Gasteiger partial charge in [-0.25, -0.2) is 4.39 Å². The third-order valence-corrected chi connectivity index (χ3v) is 4.99. The van der Waals surface area contributed by atoms with Crippen LogP contribution < -0.4 is 10.2 Å². The van der Waals surface area contributed by atoms with Gasteiger partial charge in [0.15, 0.2) is 0 Å². The van der Waals surface area contributed by atoms with Crippen molar-refractivity contribution in [1.82, 2.24) is 4.98 Å². The van der Waals surface area contributed by atoms with E-state index < -0.39 is 0 Å². The number of non-ortho nitro benzene ring substituents is 1. The fourth-order valence-electron chi connectivity index (χ4n) is 3.62. The van der Waals surface area contributed by atoms with Crippen LogP contribution in [0.1, 0.15) is 12.8 Å². The summed E-state index contributed by atoms with van der Waals surface area (Å²) in [5.74, 6) is -0.245. The molecule has 1 aliphatic rings. The zero-order chi connectivity index (χ0) is 18.8. The summed E-state index contributed by atoms with van der Waals surface area (Å²) in [5.41, 5.74) is 2.14. The Morgan fingerprint density at radius 3 is 2.63 bits per heavy atom. The van der Waals surface area contributed by atoms with E-state index in [2.05, 4.69) is 15.2 Å². The summed E-state index contributed by atoms with van der Waals surface area (Å²) >= 11 is 0. The van der Waals surface area contributed by atoms with Gasteiger partial charge in [-0.1, -0.05) is 12.1 Å². The molecule has 6 nitrogen and oxygen atoms in total. The summed E-state index contributed by atoms with van der Waals surface area (Å²) in [5, 5.41) is 15.1. The molecular weight excluding hydrogens is 347 g/mol. The largest absolute Gasteiger partial charge is 0.380 e. The summed E-state index contributed by atoms with van der Waals surface area (Å²) in [6, 6.07) is 13.6. The Hall–Kier alpha value is -3.22. The van der Waals surface area contributed by atoms with Crippen LogP contribution >= 0.6 is 0 Å². The number of benzene rings is 2. The molecule has 0 bridgehead atoms. The molecule has 1 saturated heterocycles. The van der Waals surface area contributed by atoms with E-state index in [0.717, 1.165) is 31.6 Å². The van der Waals surface area contributed by atoms with Gasteiger partial charge in [0.05, 0.1) is 21.7 Å². The maximum atomic E-state index is 13.8. The average Bonchev–Trinajstić information content (AvgIpc) is 2.69. The molecule has 2 aromatic carbocycles. The predicted molar refractivity (Wildman–Crippen MR) is 104 cm³/mol. The summed E-state index contributed by atoms with van der Waals surface area (Å²) in [6.45, 7) is 1.55. The fourth-order valence-corrected chi connectivity index (χ4v) is 3.62. The number of pyridine rings is 1. The Balaban J connectivity index is 1.53. The Bertz CT molecular complexity index is 987. The number of nitrogens with zero attached hydrogens (tertiary/aromatic N) is 3. The van der Waals surface area contributed by atoms with Crippen LogP contribution in [0.4, 0.5) is 21.5 Å². The quantitative estimate of drug-likeness (QED) is 0.549. The van der Waals surface area contributed by atoms with Crippen LogP contribution in [0.2, 0.25) is 0 Å². The van der Waals surface area contributed by atoms with Gasteiger partial charge in [0.25, 0.3) is 5.69 Å². The highest BCUT2D eigenvalue weighted by atomic mass is 19.1. The van der Waals surface area contributed by atoms with Gasteiger partial charge in [-0.2, -0.15) is 0 Å². The highest BCUT2D eigenvalue weighted by Gasteiger charge is 2.23. The van der Waals surface area contributed by atoms with Crippen LogP contribution in [0.15, 0.2) is 54.7 Å². The zero-order valence-corrected chi connectivity index (χ0v) is 14.6. The molecule has 1 fully saturated rings. The minimum absolute atomic E-state index is 0.0676. The molecule has 27 heavy (non-hydrogen) atoms. The molecule has 0 radical (unpaired) electrons. The molecular formula is C20H19FN4O2. The van der Waals surface area contributed by atoms with E-state index in [-0.39, 0.29) is 22.5 Å². The van der Waals surface area contributed by atoms with Crippen LogP contribution in [0.25, 0.3) is 10.9 Å². The maximum Gasteiger partial charge on any atom is 0.278 e.